The van der Waals surface area contributed by atoms with Crippen molar-refractivity contribution in [2.24, 2.45) is 0 Å². The van der Waals surface area contributed by atoms with Crippen LogP contribution in [0.1, 0.15) is 23.2 Å². The van der Waals surface area contributed by atoms with Gasteiger partial charge in [0.2, 0.25) is 5.82 Å². The van der Waals surface area contributed by atoms with Crippen LogP contribution >= 0.6 is 0 Å². The molecule has 6 heteroatoms. The van der Waals surface area contributed by atoms with Crippen molar-refractivity contribution in [3.8, 4) is 22.8 Å². The summed E-state index contributed by atoms with van der Waals surface area (Å²) in [5, 5.41) is 6.85. The van der Waals surface area contributed by atoms with Crippen LogP contribution in [0.5, 0.6) is 0 Å². The lowest BCUT2D eigenvalue weighted by Crippen LogP contribution is -2.25. The zero-order valence-corrected chi connectivity index (χ0v) is 12.7. The monoisotopic (exact) mass is 323 g/mol. The third-order valence-electron chi connectivity index (χ3n) is 3.84. The lowest BCUT2D eigenvalue weighted by molar-refractivity contribution is 0.0951. The molecule has 0 unspecified atom stereocenters. The number of aromatic nitrogens is 2. The molecule has 0 aliphatic heterocycles. The highest BCUT2D eigenvalue weighted by Gasteiger charge is 2.23. The zero-order valence-electron chi connectivity index (χ0n) is 12.7. The number of halogens is 1. The van der Waals surface area contributed by atoms with Crippen LogP contribution in [-0.4, -0.2) is 22.1 Å². The number of carbonyl (C=O) groups excluding carboxylic acids is 1. The van der Waals surface area contributed by atoms with Gasteiger partial charge in [-0.15, -0.1) is 0 Å². The predicted molar refractivity (Wildman–Crippen MR) is 85.6 cm³/mol. The van der Waals surface area contributed by atoms with Gasteiger partial charge in [0.05, 0.1) is 0 Å². The van der Waals surface area contributed by atoms with Crippen molar-refractivity contribution in [1.29, 1.82) is 0 Å². The number of hydrogen-bond acceptors (Lipinski definition) is 4. The highest BCUT2D eigenvalue weighted by atomic mass is 19.1. The maximum atomic E-state index is 13.0. The second kappa shape index (κ2) is 5.88. The van der Waals surface area contributed by atoms with E-state index in [1.165, 1.54) is 12.1 Å². The molecule has 0 saturated heterocycles. The first kappa shape index (κ1) is 14.6. The first-order valence-electron chi connectivity index (χ1n) is 7.70. The largest absolute Gasteiger partial charge is 0.349 e. The van der Waals surface area contributed by atoms with Gasteiger partial charge >= 0.3 is 0 Å². The summed E-state index contributed by atoms with van der Waals surface area (Å²) in [5.74, 6) is 0.355. The molecule has 1 saturated carbocycles. The number of benzene rings is 2. The Morgan fingerprint density at radius 2 is 1.71 bits per heavy atom. The molecule has 0 spiro atoms. The van der Waals surface area contributed by atoms with Crippen LogP contribution in [0.15, 0.2) is 53.1 Å². The Kier molecular flexibility index (Phi) is 3.57. The fourth-order valence-corrected chi connectivity index (χ4v) is 2.32. The lowest BCUT2D eigenvalue weighted by atomic mass is 10.1. The molecule has 5 nitrogen and oxygen atoms in total. The number of rotatable bonds is 4. The van der Waals surface area contributed by atoms with Crippen LogP contribution < -0.4 is 5.32 Å². The summed E-state index contributed by atoms with van der Waals surface area (Å²) in [6, 6.07) is 13.2. The molecule has 0 atom stereocenters. The normalized spacial score (nSPS) is 13.7. The Bertz CT molecular complexity index is 868. The highest BCUT2D eigenvalue weighted by Crippen LogP contribution is 2.23. The molecule has 4 rings (SSSR count). The molecule has 24 heavy (non-hydrogen) atoms. The summed E-state index contributed by atoms with van der Waals surface area (Å²) in [4.78, 5) is 16.3. The summed E-state index contributed by atoms with van der Waals surface area (Å²) in [6.07, 6.45) is 2.11. The number of carbonyl (C=O) groups is 1. The van der Waals surface area contributed by atoms with Crippen molar-refractivity contribution in [3.05, 3.63) is 59.9 Å². The molecule has 0 radical (unpaired) electrons. The Morgan fingerprint density at radius 1 is 1.04 bits per heavy atom. The van der Waals surface area contributed by atoms with E-state index in [-0.39, 0.29) is 11.7 Å². The van der Waals surface area contributed by atoms with Crippen molar-refractivity contribution < 1.29 is 13.7 Å². The fraction of sp³-hybridized carbons (Fsp3) is 0.167. The van der Waals surface area contributed by atoms with E-state index in [1.54, 1.807) is 36.4 Å². The minimum atomic E-state index is -0.317. The van der Waals surface area contributed by atoms with Crippen LogP contribution in [-0.2, 0) is 0 Å². The SMILES string of the molecule is O=C(NC1CC1)c1ccc(-c2nc(-c3ccc(F)cc3)no2)cc1. The van der Waals surface area contributed by atoms with E-state index in [2.05, 4.69) is 15.5 Å². The quantitative estimate of drug-likeness (QED) is 0.798. The lowest BCUT2D eigenvalue weighted by Gasteiger charge is -2.03. The summed E-state index contributed by atoms with van der Waals surface area (Å²) < 4.78 is 18.2. The van der Waals surface area contributed by atoms with E-state index >= 15 is 0 Å². The van der Waals surface area contributed by atoms with Crippen molar-refractivity contribution in [2.75, 3.05) is 0 Å². The average molecular weight is 323 g/mol. The molecule has 1 heterocycles. The van der Waals surface area contributed by atoms with Gasteiger partial charge in [0.15, 0.2) is 0 Å². The van der Waals surface area contributed by atoms with Gasteiger partial charge in [-0.25, -0.2) is 4.39 Å². The van der Waals surface area contributed by atoms with E-state index in [0.29, 0.717) is 28.9 Å². The molecule has 0 bridgehead atoms. The maximum absolute atomic E-state index is 13.0. The van der Waals surface area contributed by atoms with Crippen LogP contribution in [0.3, 0.4) is 0 Å². The first-order valence-corrected chi connectivity index (χ1v) is 7.70. The van der Waals surface area contributed by atoms with Gasteiger partial charge in [-0.2, -0.15) is 4.98 Å². The highest BCUT2D eigenvalue weighted by molar-refractivity contribution is 5.94. The van der Waals surface area contributed by atoms with E-state index in [9.17, 15) is 9.18 Å². The van der Waals surface area contributed by atoms with Gasteiger partial charge in [-0.3, -0.25) is 4.79 Å². The fourth-order valence-electron chi connectivity index (χ4n) is 2.32. The smallest absolute Gasteiger partial charge is 0.258 e. The Hall–Kier alpha value is -3.02. The third kappa shape index (κ3) is 3.03. The van der Waals surface area contributed by atoms with Gasteiger partial charge in [-0.1, -0.05) is 5.16 Å². The van der Waals surface area contributed by atoms with Crippen molar-refractivity contribution >= 4 is 5.91 Å². The standard InChI is InChI=1S/C18H14FN3O2/c19-14-7-5-11(6-8-14)16-21-18(24-22-16)13-3-1-12(2-4-13)17(23)20-15-9-10-15/h1-8,15H,9-10H2,(H,20,23). The van der Waals surface area contributed by atoms with Gasteiger partial charge in [0.1, 0.15) is 5.82 Å². The molecule has 120 valence electrons. The molecular weight excluding hydrogens is 309 g/mol. The summed E-state index contributed by atoms with van der Waals surface area (Å²) in [5.41, 5.74) is 1.99. The van der Waals surface area contributed by atoms with E-state index in [1.807, 2.05) is 0 Å². The summed E-state index contributed by atoms with van der Waals surface area (Å²) in [7, 11) is 0. The van der Waals surface area contributed by atoms with Gasteiger partial charge in [0, 0.05) is 22.7 Å². The van der Waals surface area contributed by atoms with E-state index in [4.69, 9.17) is 4.52 Å². The molecule has 1 fully saturated rings. The molecular formula is C18H14FN3O2. The first-order chi connectivity index (χ1) is 11.7. The third-order valence-corrected chi connectivity index (χ3v) is 3.84. The van der Waals surface area contributed by atoms with Crippen LogP contribution in [0, 0.1) is 5.82 Å². The van der Waals surface area contributed by atoms with Gasteiger partial charge < -0.3 is 9.84 Å². The maximum Gasteiger partial charge on any atom is 0.258 e. The van der Waals surface area contributed by atoms with Gasteiger partial charge in [0.25, 0.3) is 11.8 Å². The number of nitrogens with zero attached hydrogens (tertiary/aromatic N) is 2. The number of hydrogen-bond donors (Lipinski definition) is 1. The van der Waals surface area contributed by atoms with Crippen molar-refractivity contribution in [3.63, 3.8) is 0 Å². The second-order valence-corrected chi connectivity index (χ2v) is 5.76. The molecule has 3 aromatic rings. The Morgan fingerprint density at radius 3 is 2.38 bits per heavy atom. The van der Waals surface area contributed by atoms with Crippen LogP contribution in [0.4, 0.5) is 4.39 Å². The molecule has 1 amide bonds. The minimum Gasteiger partial charge on any atom is -0.349 e. The van der Waals surface area contributed by atoms with E-state index in [0.717, 1.165) is 18.4 Å². The topological polar surface area (TPSA) is 68.0 Å². The van der Waals surface area contributed by atoms with E-state index < -0.39 is 0 Å². The number of nitrogens with one attached hydrogen (secondary N) is 1. The molecule has 1 N–H and O–H groups in total. The number of amides is 1. The minimum absolute atomic E-state index is 0.0680. The second-order valence-electron chi connectivity index (χ2n) is 5.76. The average Bonchev–Trinajstić information content (AvgIpc) is 3.28. The van der Waals surface area contributed by atoms with Gasteiger partial charge in [-0.05, 0) is 61.4 Å². The van der Waals surface area contributed by atoms with Crippen LogP contribution in [0.2, 0.25) is 0 Å². The van der Waals surface area contributed by atoms with Crippen molar-refractivity contribution in [1.82, 2.24) is 15.5 Å². The molecule has 1 aliphatic rings. The molecule has 2 aromatic carbocycles. The summed E-state index contributed by atoms with van der Waals surface area (Å²) >= 11 is 0. The van der Waals surface area contributed by atoms with Crippen LogP contribution in [0.25, 0.3) is 22.8 Å². The zero-order chi connectivity index (χ0) is 16.5. The predicted octanol–water partition coefficient (Wildman–Crippen LogP) is 3.43. The molecule has 1 aromatic heterocycles. The van der Waals surface area contributed by atoms with Crippen molar-refractivity contribution in [2.45, 2.75) is 18.9 Å². The summed E-state index contributed by atoms with van der Waals surface area (Å²) in [6.45, 7) is 0. The Balaban J connectivity index is 1.53. The molecule has 1 aliphatic carbocycles. The Labute approximate surface area is 137 Å².